The zero-order chi connectivity index (χ0) is 24.3. The van der Waals surface area contributed by atoms with Crippen LogP contribution >= 0.6 is 11.8 Å². The number of aromatic hydroxyl groups is 1. The van der Waals surface area contributed by atoms with Crippen molar-refractivity contribution in [2.24, 2.45) is 0 Å². The van der Waals surface area contributed by atoms with Crippen LogP contribution in [0.15, 0.2) is 48.5 Å². The number of carbonyl (C=O) groups excluding carboxylic acids is 2. The van der Waals surface area contributed by atoms with E-state index in [-0.39, 0.29) is 23.6 Å². The van der Waals surface area contributed by atoms with Crippen LogP contribution in [0.2, 0.25) is 0 Å². The highest BCUT2D eigenvalue weighted by molar-refractivity contribution is 8.00. The normalized spacial score (nSPS) is 19.0. The third kappa shape index (κ3) is 5.31. The number of hydrogen-bond acceptors (Lipinski definition) is 6. The summed E-state index contributed by atoms with van der Waals surface area (Å²) < 4.78 is -0.724. The molecule has 3 rings (SSSR count). The fourth-order valence-corrected chi connectivity index (χ4v) is 5.09. The molecule has 9 heteroatoms. The van der Waals surface area contributed by atoms with Crippen LogP contribution in [-0.2, 0) is 16.0 Å². The number of amides is 2. The molecule has 1 saturated heterocycles. The van der Waals surface area contributed by atoms with Crippen molar-refractivity contribution < 1.29 is 29.7 Å². The van der Waals surface area contributed by atoms with Gasteiger partial charge in [-0.3, -0.25) is 9.59 Å². The lowest BCUT2D eigenvalue weighted by atomic mass is 9.97. The van der Waals surface area contributed by atoms with Gasteiger partial charge in [-0.25, -0.2) is 4.79 Å². The third-order valence-electron chi connectivity index (χ3n) is 5.86. The van der Waals surface area contributed by atoms with E-state index in [2.05, 4.69) is 5.32 Å². The number of aliphatic hydroxyl groups excluding tert-OH is 1. The number of benzene rings is 2. The molecule has 2 aromatic rings. The first-order valence-corrected chi connectivity index (χ1v) is 11.5. The molecule has 0 radical (unpaired) electrons. The number of hydrogen-bond donors (Lipinski definition) is 4. The van der Waals surface area contributed by atoms with Crippen LogP contribution in [0.3, 0.4) is 0 Å². The third-order valence-corrected chi connectivity index (χ3v) is 7.24. The van der Waals surface area contributed by atoms with Crippen LogP contribution in [0.1, 0.15) is 35.3 Å². The van der Waals surface area contributed by atoms with Crippen LogP contribution < -0.4 is 5.32 Å². The van der Waals surface area contributed by atoms with E-state index in [4.69, 9.17) is 0 Å². The molecule has 1 aliphatic rings. The Kier molecular flexibility index (Phi) is 7.34. The predicted molar refractivity (Wildman–Crippen MR) is 125 cm³/mol. The molecule has 0 spiro atoms. The Balaban J connectivity index is 1.88. The zero-order valence-corrected chi connectivity index (χ0v) is 19.5. The van der Waals surface area contributed by atoms with Crippen molar-refractivity contribution in [3.63, 3.8) is 0 Å². The second-order valence-electron chi connectivity index (χ2n) is 8.59. The molecule has 1 heterocycles. The minimum absolute atomic E-state index is 0.0421. The first-order valence-electron chi connectivity index (χ1n) is 10.5. The summed E-state index contributed by atoms with van der Waals surface area (Å²) >= 11 is 1.32. The van der Waals surface area contributed by atoms with Gasteiger partial charge >= 0.3 is 5.97 Å². The highest BCUT2D eigenvalue weighted by Gasteiger charge is 2.50. The maximum absolute atomic E-state index is 13.2. The monoisotopic (exact) mass is 472 g/mol. The lowest BCUT2D eigenvalue weighted by Gasteiger charge is -2.31. The summed E-state index contributed by atoms with van der Waals surface area (Å²) in [7, 11) is 0. The molecule has 0 saturated carbocycles. The minimum atomic E-state index is -1.66. The molecule has 1 aliphatic heterocycles. The summed E-state index contributed by atoms with van der Waals surface area (Å²) in [6.45, 7) is 5.08. The Bertz CT molecular complexity index is 1040. The summed E-state index contributed by atoms with van der Waals surface area (Å²) in [5, 5.41) is 33.4. The number of carboxylic acid groups (broad SMARTS) is 1. The molecule has 1 fully saturated rings. The number of phenolic OH excluding ortho intramolecular Hbond substituents is 1. The number of aliphatic hydroxyl groups is 1. The molecule has 2 amide bonds. The van der Waals surface area contributed by atoms with Gasteiger partial charge in [-0.05, 0) is 44.9 Å². The van der Waals surface area contributed by atoms with Gasteiger partial charge in [-0.1, -0.05) is 36.4 Å². The first kappa shape index (κ1) is 24.6. The lowest BCUT2D eigenvalue weighted by Crippen LogP contribution is -2.57. The van der Waals surface area contributed by atoms with Gasteiger partial charge in [-0.2, -0.15) is 0 Å². The fourth-order valence-electron chi connectivity index (χ4n) is 3.95. The van der Waals surface area contributed by atoms with Gasteiger partial charge in [0, 0.05) is 15.9 Å². The van der Waals surface area contributed by atoms with Crippen molar-refractivity contribution in [2.75, 3.05) is 5.88 Å². The van der Waals surface area contributed by atoms with Gasteiger partial charge in [-0.15, -0.1) is 11.8 Å². The molecule has 176 valence electrons. The molecule has 4 N–H and O–H groups in total. The van der Waals surface area contributed by atoms with E-state index in [1.165, 1.54) is 30.0 Å². The van der Waals surface area contributed by atoms with E-state index in [1.54, 1.807) is 20.8 Å². The maximum Gasteiger partial charge on any atom is 0.327 e. The van der Waals surface area contributed by atoms with E-state index in [1.807, 2.05) is 30.3 Å². The molecule has 0 bridgehead atoms. The van der Waals surface area contributed by atoms with Gasteiger partial charge in [0.05, 0.1) is 11.9 Å². The molecule has 33 heavy (non-hydrogen) atoms. The van der Waals surface area contributed by atoms with E-state index in [0.29, 0.717) is 5.56 Å². The van der Waals surface area contributed by atoms with Crippen molar-refractivity contribution in [3.05, 3.63) is 65.2 Å². The van der Waals surface area contributed by atoms with Crippen molar-refractivity contribution in [3.8, 4) is 5.75 Å². The number of carboxylic acids is 1. The zero-order valence-electron chi connectivity index (χ0n) is 18.7. The molecule has 2 aromatic carbocycles. The first-order chi connectivity index (χ1) is 15.5. The van der Waals surface area contributed by atoms with Crippen LogP contribution in [0.5, 0.6) is 5.75 Å². The van der Waals surface area contributed by atoms with Gasteiger partial charge < -0.3 is 25.5 Å². The highest BCUT2D eigenvalue weighted by atomic mass is 32.2. The standard InChI is InChI=1S/C24H28N2O6S/c1-14-16(10-7-11-18(14)27)21(29)25-17(12-15-8-5-4-6-9-15)19(28)22(30)26-13-33-24(2,3)20(26)23(31)32/h4-11,17,19-20,27-28H,12-13H2,1-3H3,(H,25,29)(H,31,32). The largest absolute Gasteiger partial charge is 0.508 e. The van der Waals surface area contributed by atoms with Crippen LogP contribution in [0.25, 0.3) is 0 Å². The average molecular weight is 473 g/mol. The van der Waals surface area contributed by atoms with E-state index in [9.17, 15) is 29.7 Å². The number of phenols is 1. The summed E-state index contributed by atoms with van der Waals surface area (Å²) in [6, 6.07) is 11.5. The van der Waals surface area contributed by atoms with Gasteiger partial charge in [0.15, 0.2) is 6.10 Å². The number of thioether (sulfide) groups is 1. The number of nitrogens with one attached hydrogen (secondary N) is 1. The average Bonchev–Trinajstić information content (AvgIpc) is 3.10. The van der Waals surface area contributed by atoms with Gasteiger partial charge in [0.25, 0.3) is 11.8 Å². The van der Waals surface area contributed by atoms with Crippen molar-refractivity contribution in [2.45, 2.75) is 50.1 Å². The van der Waals surface area contributed by atoms with Gasteiger partial charge in [0.1, 0.15) is 11.8 Å². The van der Waals surface area contributed by atoms with Crippen LogP contribution in [-0.4, -0.2) is 66.8 Å². The second-order valence-corrected chi connectivity index (χ2v) is 10.2. The molecular formula is C24H28N2O6S. The van der Waals surface area contributed by atoms with Crippen LogP contribution in [0, 0.1) is 6.92 Å². The van der Waals surface area contributed by atoms with E-state index in [0.717, 1.165) is 10.5 Å². The molecule has 0 aromatic heterocycles. The summed E-state index contributed by atoms with van der Waals surface area (Å²) in [6.07, 6.45) is -1.51. The molecule has 8 nitrogen and oxygen atoms in total. The summed E-state index contributed by atoms with van der Waals surface area (Å²) in [4.78, 5) is 39.2. The van der Waals surface area contributed by atoms with Crippen molar-refractivity contribution in [1.82, 2.24) is 10.2 Å². The second kappa shape index (κ2) is 9.84. The summed E-state index contributed by atoms with van der Waals surface area (Å²) in [5.74, 6) is -2.38. The Morgan fingerprint density at radius 3 is 2.45 bits per heavy atom. The number of aliphatic carboxylic acids is 1. The molecular weight excluding hydrogens is 444 g/mol. The Labute approximate surface area is 196 Å². The maximum atomic E-state index is 13.2. The van der Waals surface area contributed by atoms with Crippen molar-refractivity contribution >= 4 is 29.5 Å². The Hall–Kier alpha value is -3.04. The quantitative estimate of drug-likeness (QED) is 0.486. The Morgan fingerprint density at radius 1 is 1.15 bits per heavy atom. The SMILES string of the molecule is Cc1c(O)cccc1C(=O)NC(Cc1ccccc1)C(O)C(=O)N1CSC(C)(C)C1C(=O)O. The van der Waals surface area contributed by atoms with E-state index >= 15 is 0 Å². The number of carbonyl (C=O) groups is 3. The number of rotatable bonds is 7. The number of nitrogens with zero attached hydrogens (tertiary/aromatic N) is 1. The van der Waals surface area contributed by atoms with Crippen molar-refractivity contribution in [1.29, 1.82) is 0 Å². The summed E-state index contributed by atoms with van der Waals surface area (Å²) in [5.41, 5.74) is 1.38. The Morgan fingerprint density at radius 2 is 1.82 bits per heavy atom. The lowest BCUT2D eigenvalue weighted by molar-refractivity contribution is -0.154. The molecule has 0 aliphatic carbocycles. The molecule has 3 unspecified atom stereocenters. The smallest absolute Gasteiger partial charge is 0.327 e. The van der Waals surface area contributed by atoms with E-state index < -0.39 is 40.7 Å². The topological polar surface area (TPSA) is 127 Å². The predicted octanol–water partition coefficient (Wildman–Crippen LogP) is 2.17. The van der Waals surface area contributed by atoms with Gasteiger partial charge in [0.2, 0.25) is 0 Å². The molecule has 3 atom stereocenters. The van der Waals surface area contributed by atoms with Crippen LogP contribution in [0.4, 0.5) is 0 Å². The fraction of sp³-hybridized carbons (Fsp3) is 0.375. The minimum Gasteiger partial charge on any atom is -0.508 e. The highest BCUT2D eigenvalue weighted by Crippen LogP contribution is 2.39.